The van der Waals surface area contributed by atoms with Crippen LogP contribution in [0.15, 0.2) is 42.5 Å². The van der Waals surface area contributed by atoms with Crippen LogP contribution in [0.1, 0.15) is 44.4 Å². The summed E-state index contributed by atoms with van der Waals surface area (Å²) in [5.74, 6) is -0.893. The largest absolute Gasteiger partial charge is 0.298 e. The summed E-state index contributed by atoms with van der Waals surface area (Å²) in [6.07, 6.45) is 0.831. The average molecular weight is 284 g/mol. The zero-order valence-electron chi connectivity index (χ0n) is 11.7. The summed E-state index contributed by atoms with van der Waals surface area (Å²) in [6.45, 7) is 0. The maximum atomic E-state index is 11.1. The van der Waals surface area contributed by atoms with Crippen molar-refractivity contribution in [2.45, 2.75) is 11.8 Å². The van der Waals surface area contributed by atoms with Gasteiger partial charge in [0.15, 0.2) is 0 Å². The molecule has 0 amide bonds. The summed E-state index contributed by atoms with van der Waals surface area (Å²) in [5.41, 5.74) is 5.02. The van der Waals surface area contributed by atoms with Crippen LogP contribution in [-0.2, 0) is 0 Å². The first kappa shape index (κ1) is 12.8. The topological polar surface area (TPSA) is 64.7 Å². The van der Waals surface area contributed by atoms with Crippen molar-refractivity contribution in [2.24, 2.45) is 11.8 Å². The molecule has 3 aliphatic carbocycles. The fourth-order valence-corrected chi connectivity index (χ4v) is 4.13. The molecule has 0 fully saturated rings. The number of aldehydes is 1. The highest BCUT2D eigenvalue weighted by Gasteiger charge is 2.50. The fraction of sp³-hybridized carbons (Fsp3) is 0.211. The highest BCUT2D eigenvalue weighted by molar-refractivity contribution is 5.76. The lowest BCUT2D eigenvalue weighted by molar-refractivity contribution is 0.112. The first-order valence-corrected chi connectivity index (χ1v) is 7.27. The predicted octanol–water partition coefficient (Wildman–Crippen LogP) is 3.37. The summed E-state index contributed by atoms with van der Waals surface area (Å²) in [4.78, 5) is 11.1. The van der Waals surface area contributed by atoms with Crippen LogP contribution in [0.2, 0.25) is 0 Å². The van der Waals surface area contributed by atoms with Crippen molar-refractivity contribution >= 4 is 6.29 Å². The van der Waals surface area contributed by atoms with Gasteiger partial charge in [-0.2, -0.15) is 10.5 Å². The summed E-state index contributed by atoms with van der Waals surface area (Å²) >= 11 is 0. The molecule has 3 nitrogen and oxygen atoms in total. The van der Waals surface area contributed by atoms with E-state index in [1.807, 2.05) is 30.3 Å². The number of carbonyl (C=O) groups excluding carboxylic acids is 1. The lowest BCUT2D eigenvalue weighted by Crippen LogP contribution is -2.38. The SMILES string of the molecule is N#C[C@@H]1[C@@H]2c3ccccc3[C@@H](c3cc(C=O)ccc32)[C@@H]1C#N. The molecule has 2 aromatic rings. The minimum Gasteiger partial charge on any atom is -0.298 e. The number of nitrogens with zero attached hydrogens (tertiary/aromatic N) is 2. The van der Waals surface area contributed by atoms with Crippen LogP contribution in [-0.4, -0.2) is 6.29 Å². The number of carbonyl (C=O) groups is 1. The van der Waals surface area contributed by atoms with Gasteiger partial charge in [-0.05, 0) is 28.3 Å². The second kappa shape index (κ2) is 4.55. The van der Waals surface area contributed by atoms with E-state index in [2.05, 4.69) is 18.2 Å². The summed E-state index contributed by atoms with van der Waals surface area (Å²) in [7, 11) is 0. The molecule has 2 bridgehead atoms. The van der Waals surface area contributed by atoms with E-state index in [1.54, 1.807) is 6.07 Å². The lowest BCUT2D eigenvalue weighted by Gasteiger charge is -2.46. The molecule has 0 saturated heterocycles. The quantitative estimate of drug-likeness (QED) is 0.754. The number of hydrogen-bond donors (Lipinski definition) is 0. The van der Waals surface area contributed by atoms with Gasteiger partial charge in [-0.15, -0.1) is 0 Å². The minimum atomic E-state index is -0.362. The Morgan fingerprint density at radius 2 is 1.36 bits per heavy atom. The van der Waals surface area contributed by atoms with E-state index < -0.39 is 0 Å². The van der Waals surface area contributed by atoms with Crippen LogP contribution >= 0.6 is 0 Å². The monoisotopic (exact) mass is 284 g/mol. The molecule has 2 aromatic carbocycles. The number of benzene rings is 2. The molecule has 0 heterocycles. The van der Waals surface area contributed by atoms with Crippen LogP contribution < -0.4 is 0 Å². The molecule has 0 saturated carbocycles. The predicted molar refractivity (Wildman–Crippen MR) is 80.2 cm³/mol. The highest BCUT2D eigenvalue weighted by atomic mass is 16.1. The van der Waals surface area contributed by atoms with E-state index in [4.69, 9.17) is 0 Å². The van der Waals surface area contributed by atoms with Crippen molar-refractivity contribution in [3.8, 4) is 12.1 Å². The Bertz CT molecular complexity index is 872. The van der Waals surface area contributed by atoms with Gasteiger partial charge in [0.1, 0.15) is 6.29 Å². The second-order valence-electron chi connectivity index (χ2n) is 5.90. The Kier molecular flexibility index (Phi) is 2.65. The van der Waals surface area contributed by atoms with Crippen molar-refractivity contribution < 1.29 is 4.79 Å². The van der Waals surface area contributed by atoms with E-state index in [-0.39, 0.29) is 23.7 Å². The summed E-state index contributed by atoms with van der Waals surface area (Å²) < 4.78 is 0. The molecule has 0 spiro atoms. The van der Waals surface area contributed by atoms with Crippen molar-refractivity contribution in [3.05, 3.63) is 70.3 Å². The Morgan fingerprint density at radius 3 is 1.91 bits per heavy atom. The van der Waals surface area contributed by atoms with Crippen LogP contribution in [0.4, 0.5) is 0 Å². The molecule has 22 heavy (non-hydrogen) atoms. The Hall–Kier alpha value is -2.91. The highest BCUT2D eigenvalue weighted by Crippen LogP contribution is 2.57. The molecule has 0 aromatic heterocycles. The van der Waals surface area contributed by atoms with E-state index >= 15 is 0 Å². The molecule has 0 radical (unpaired) electrons. The maximum Gasteiger partial charge on any atom is 0.150 e. The van der Waals surface area contributed by atoms with Gasteiger partial charge in [-0.25, -0.2) is 0 Å². The first-order chi connectivity index (χ1) is 10.8. The molecule has 3 aliphatic rings. The number of hydrogen-bond acceptors (Lipinski definition) is 3. The van der Waals surface area contributed by atoms with Gasteiger partial charge >= 0.3 is 0 Å². The number of nitriles is 2. The second-order valence-corrected chi connectivity index (χ2v) is 5.90. The Morgan fingerprint density at radius 1 is 0.818 bits per heavy atom. The Balaban J connectivity index is 2.06. The van der Waals surface area contributed by atoms with E-state index in [0.717, 1.165) is 28.5 Å². The maximum absolute atomic E-state index is 11.1. The normalized spacial score (nSPS) is 27.2. The van der Waals surface area contributed by atoms with Crippen LogP contribution in [0, 0.1) is 34.5 Å². The molecule has 0 unspecified atom stereocenters. The molecule has 3 heteroatoms. The molecule has 4 atom stereocenters. The molecule has 0 N–H and O–H groups in total. The fourth-order valence-electron chi connectivity index (χ4n) is 4.13. The van der Waals surface area contributed by atoms with Gasteiger partial charge in [-0.3, -0.25) is 4.79 Å². The minimum absolute atomic E-state index is 0.0773. The van der Waals surface area contributed by atoms with Gasteiger partial charge in [-0.1, -0.05) is 36.4 Å². The smallest absolute Gasteiger partial charge is 0.150 e. The van der Waals surface area contributed by atoms with E-state index in [0.29, 0.717) is 5.56 Å². The van der Waals surface area contributed by atoms with Crippen molar-refractivity contribution in [1.82, 2.24) is 0 Å². The summed E-state index contributed by atoms with van der Waals surface area (Å²) in [5, 5.41) is 19.2. The first-order valence-electron chi connectivity index (χ1n) is 7.27. The third-order valence-corrected chi connectivity index (χ3v) is 4.99. The van der Waals surface area contributed by atoms with Crippen molar-refractivity contribution in [1.29, 1.82) is 10.5 Å². The van der Waals surface area contributed by atoms with E-state index in [9.17, 15) is 15.3 Å². The molecule has 5 rings (SSSR count). The third kappa shape index (κ3) is 1.46. The van der Waals surface area contributed by atoms with Crippen LogP contribution in [0.5, 0.6) is 0 Å². The molecular formula is C19H12N2O. The standard InChI is InChI=1S/C19H12N2O/c20-8-16-17(9-21)19-13-4-2-1-3-12(13)18(16)14-6-5-11(10-22)7-15(14)19/h1-7,10,16-19H/t16-,17+,18+,19-/m0/s1. The zero-order valence-corrected chi connectivity index (χ0v) is 11.7. The van der Waals surface area contributed by atoms with Gasteiger partial charge in [0, 0.05) is 17.4 Å². The van der Waals surface area contributed by atoms with Gasteiger partial charge in [0.2, 0.25) is 0 Å². The van der Waals surface area contributed by atoms with Gasteiger partial charge < -0.3 is 0 Å². The van der Waals surface area contributed by atoms with Gasteiger partial charge in [0.25, 0.3) is 0 Å². The molecular weight excluding hydrogens is 272 g/mol. The third-order valence-electron chi connectivity index (χ3n) is 4.99. The van der Waals surface area contributed by atoms with Crippen LogP contribution in [0.3, 0.4) is 0 Å². The number of rotatable bonds is 1. The average Bonchev–Trinajstić information content (AvgIpc) is 2.60. The molecule has 0 aliphatic heterocycles. The Labute approximate surface area is 128 Å². The summed E-state index contributed by atoms with van der Waals surface area (Å²) in [6, 6.07) is 18.4. The lowest BCUT2D eigenvalue weighted by atomic mass is 9.55. The number of fused-ring (bicyclic) bond motifs is 1. The van der Waals surface area contributed by atoms with Crippen molar-refractivity contribution in [3.63, 3.8) is 0 Å². The van der Waals surface area contributed by atoms with Gasteiger partial charge in [0.05, 0.1) is 24.0 Å². The molecule has 104 valence electrons. The van der Waals surface area contributed by atoms with Crippen molar-refractivity contribution in [2.75, 3.05) is 0 Å². The zero-order chi connectivity index (χ0) is 15.3. The van der Waals surface area contributed by atoms with E-state index in [1.165, 1.54) is 0 Å². The van der Waals surface area contributed by atoms with Crippen LogP contribution in [0.25, 0.3) is 0 Å².